The van der Waals surface area contributed by atoms with Crippen LogP contribution in [-0.2, 0) is 11.2 Å². The van der Waals surface area contributed by atoms with Crippen LogP contribution >= 0.6 is 11.6 Å². The predicted molar refractivity (Wildman–Crippen MR) is 98.0 cm³/mol. The highest BCUT2D eigenvalue weighted by Gasteiger charge is 2.11. The third-order valence-electron chi connectivity index (χ3n) is 3.68. The first kappa shape index (κ1) is 16.9. The summed E-state index contributed by atoms with van der Waals surface area (Å²) in [5, 5.41) is 23.6. The summed E-state index contributed by atoms with van der Waals surface area (Å²) < 4.78 is 0. The maximum absolute atomic E-state index is 11.4. The Balaban J connectivity index is 1.75. The van der Waals surface area contributed by atoms with Gasteiger partial charge in [0.15, 0.2) is 5.82 Å². The number of hydrazone groups is 1. The number of carbonyl (C=O) groups is 1. The molecule has 1 heterocycles. The maximum atomic E-state index is 11.4. The lowest BCUT2D eigenvalue weighted by Crippen LogP contribution is -2.16. The molecule has 0 aliphatic carbocycles. The number of carboxylic acids is 1. The van der Waals surface area contributed by atoms with Crippen molar-refractivity contribution in [1.82, 2.24) is 10.2 Å². The van der Waals surface area contributed by atoms with E-state index in [1.54, 1.807) is 18.3 Å². The van der Waals surface area contributed by atoms with Gasteiger partial charge in [0.1, 0.15) is 5.71 Å². The fraction of sp³-hybridized carbons (Fsp3) is 0.111. The lowest BCUT2D eigenvalue weighted by atomic mass is 10.1. The van der Waals surface area contributed by atoms with Crippen molar-refractivity contribution in [3.8, 4) is 0 Å². The standard InChI is InChI=1S/C18H15ClN4O2/c19-14-8-5-12(6-9-14)7-10-16(18(24)25)21-23-17-15-4-2-1-3-13(15)11-20-22-17/h1-6,8-9,11H,7,10H2,(H,22,23)(H,24,25)/b21-16-. The van der Waals surface area contributed by atoms with Crippen LogP contribution in [0, 0.1) is 0 Å². The zero-order valence-electron chi connectivity index (χ0n) is 13.2. The topological polar surface area (TPSA) is 87.5 Å². The predicted octanol–water partition coefficient (Wildman–Crippen LogP) is 3.77. The number of aliphatic carboxylic acids is 1. The van der Waals surface area contributed by atoms with E-state index in [0.29, 0.717) is 17.3 Å². The Morgan fingerprint density at radius 2 is 1.92 bits per heavy atom. The average Bonchev–Trinajstić information content (AvgIpc) is 2.63. The van der Waals surface area contributed by atoms with Crippen LogP contribution in [0.15, 0.2) is 59.8 Å². The van der Waals surface area contributed by atoms with Crippen molar-refractivity contribution in [3.63, 3.8) is 0 Å². The van der Waals surface area contributed by atoms with E-state index in [2.05, 4.69) is 20.7 Å². The van der Waals surface area contributed by atoms with Crippen LogP contribution in [-0.4, -0.2) is 27.0 Å². The second-order valence-electron chi connectivity index (χ2n) is 5.38. The molecule has 2 N–H and O–H groups in total. The van der Waals surface area contributed by atoms with Crippen LogP contribution in [0.5, 0.6) is 0 Å². The van der Waals surface area contributed by atoms with Crippen molar-refractivity contribution in [2.75, 3.05) is 5.43 Å². The van der Waals surface area contributed by atoms with Gasteiger partial charge in [0.25, 0.3) is 0 Å². The first-order chi connectivity index (χ1) is 12.1. The lowest BCUT2D eigenvalue weighted by Gasteiger charge is -2.06. The largest absolute Gasteiger partial charge is 0.477 e. The molecule has 25 heavy (non-hydrogen) atoms. The number of benzene rings is 2. The molecule has 0 atom stereocenters. The zero-order chi connectivity index (χ0) is 17.6. The second-order valence-corrected chi connectivity index (χ2v) is 5.82. The molecule has 0 saturated heterocycles. The van der Waals surface area contributed by atoms with E-state index >= 15 is 0 Å². The third-order valence-corrected chi connectivity index (χ3v) is 3.93. The van der Waals surface area contributed by atoms with Gasteiger partial charge in [-0.15, -0.1) is 5.10 Å². The highest BCUT2D eigenvalue weighted by atomic mass is 35.5. The molecule has 1 aromatic heterocycles. The maximum Gasteiger partial charge on any atom is 0.352 e. The van der Waals surface area contributed by atoms with Crippen molar-refractivity contribution in [2.24, 2.45) is 5.10 Å². The number of anilines is 1. The Kier molecular flexibility index (Phi) is 5.20. The van der Waals surface area contributed by atoms with E-state index in [1.165, 1.54) is 0 Å². The van der Waals surface area contributed by atoms with E-state index in [9.17, 15) is 9.90 Å². The van der Waals surface area contributed by atoms with Gasteiger partial charge in [0, 0.05) is 22.2 Å². The molecule has 2 aromatic carbocycles. The average molecular weight is 355 g/mol. The molecule has 0 aliphatic rings. The number of aryl methyl sites for hydroxylation is 1. The Hall–Kier alpha value is -2.99. The van der Waals surface area contributed by atoms with Gasteiger partial charge >= 0.3 is 5.97 Å². The van der Waals surface area contributed by atoms with Gasteiger partial charge in [-0.3, -0.25) is 5.43 Å². The number of nitrogens with one attached hydrogen (secondary N) is 1. The number of aromatic nitrogens is 2. The SMILES string of the molecule is O=C(O)/C(CCc1ccc(Cl)cc1)=N\Nc1nncc2ccccc12. The van der Waals surface area contributed by atoms with Gasteiger partial charge in [0.2, 0.25) is 0 Å². The van der Waals surface area contributed by atoms with Gasteiger partial charge < -0.3 is 5.11 Å². The molecule has 0 amide bonds. The van der Waals surface area contributed by atoms with Crippen LogP contribution < -0.4 is 5.43 Å². The molecule has 7 heteroatoms. The summed E-state index contributed by atoms with van der Waals surface area (Å²) in [4.78, 5) is 11.4. The minimum Gasteiger partial charge on any atom is -0.477 e. The molecular formula is C18H15ClN4O2. The quantitative estimate of drug-likeness (QED) is 0.519. The molecular weight excluding hydrogens is 340 g/mol. The van der Waals surface area contributed by atoms with E-state index in [0.717, 1.165) is 16.3 Å². The lowest BCUT2D eigenvalue weighted by molar-refractivity contribution is -0.129. The number of hydrogen-bond donors (Lipinski definition) is 2. The van der Waals surface area contributed by atoms with Crippen molar-refractivity contribution >= 4 is 39.9 Å². The fourth-order valence-electron chi connectivity index (χ4n) is 2.36. The molecule has 0 radical (unpaired) electrons. The molecule has 3 aromatic rings. The Bertz CT molecular complexity index is 921. The summed E-state index contributed by atoms with van der Waals surface area (Å²) in [7, 11) is 0. The molecule has 0 unspecified atom stereocenters. The van der Waals surface area contributed by atoms with Crippen LogP contribution in [0.25, 0.3) is 10.8 Å². The molecule has 0 spiro atoms. The van der Waals surface area contributed by atoms with Crippen LogP contribution in [0.2, 0.25) is 5.02 Å². The van der Waals surface area contributed by atoms with E-state index in [1.807, 2.05) is 36.4 Å². The van der Waals surface area contributed by atoms with Gasteiger partial charge in [0.05, 0.1) is 6.20 Å². The number of rotatable bonds is 6. The fourth-order valence-corrected chi connectivity index (χ4v) is 2.48. The molecule has 0 bridgehead atoms. The van der Waals surface area contributed by atoms with Gasteiger partial charge in [-0.05, 0) is 24.1 Å². The minimum absolute atomic E-state index is 0.0182. The van der Waals surface area contributed by atoms with Crippen molar-refractivity contribution in [3.05, 3.63) is 65.3 Å². The summed E-state index contributed by atoms with van der Waals surface area (Å²) in [6, 6.07) is 14.8. The summed E-state index contributed by atoms with van der Waals surface area (Å²) in [5.41, 5.74) is 3.73. The second kappa shape index (κ2) is 7.72. The Morgan fingerprint density at radius 3 is 2.68 bits per heavy atom. The number of hydrogen-bond acceptors (Lipinski definition) is 5. The molecule has 3 rings (SSSR count). The summed E-state index contributed by atoms with van der Waals surface area (Å²) >= 11 is 5.85. The van der Waals surface area contributed by atoms with Crippen LogP contribution in [0.3, 0.4) is 0 Å². The monoisotopic (exact) mass is 354 g/mol. The number of carboxylic acid groups (broad SMARTS) is 1. The van der Waals surface area contributed by atoms with Crippen LogP contribution in [0.1, 0.15) is 12.0 Å². The molecule has 0 fully saturated rings. The van der Waals surface area contributed by atoms with Crippen molar-refractivity contribution in [2.45, 2.75) is 12.8 Å². The molecule has 126 valence electrons. The van der Waals surface area contributed by atoms with Gasteiger partial charge in [-0.1, -0.05) is 48.0 Å². The van der Waals surface area contributed by atoms with Gasteiger partial charge in [-0.25, -0.2) is 4.79 Å². The van der Waals surface area contributed by atoms with E-state index in [4.69, 9.17) is 11.6 Å². The number of fused-ring (bicyclic) bond motifs is 1. The first-order valence-corrected chi connectivity index (χ1v) is 8.02. The molecule has 0 aliphatic heterocycles. The highest BCUT2D eigenvalue weighted by molar-refractivity contribution is 6.35. The minimum atomic E-state index is -1.07. The Labute approximate surface area is 149 Å². The summed E-state index contributed by atoms with van der Waals surface area (Å²) in [6.07, 6.45) is 2.47. The zero-order valence-corrected chi connectivity index (χ0v) is 13.9. The van der Waals surface area contributed by atoms with Crippen molar-refractivity contribution in [1.29, 1.82) is 0 Å². The van der Waals surface area contributed by atoms with E-state index < -0.39 is 5.97 Å². The van der Waals surface area contributed by atoms with E-state index in [-0.39, 0.29) is 12.1 Å². The van der Waals surface area contributed by atoms with Crippen molar-refractivity contribution < 1.29 is 9.90 Å². The molecule has 6 nitrogen and oxygen atoms in total. The van der Waals surface area contributed by atoms with Gasteiger partial charge in [-0.2, -0.15) is 10.2 Å². The number of halogens is 1. The summed E-state index contributed by atoms with van der Waals surface area (Å²) in [5.74, 6) is -0.655. The highest BCUT2D eigenvalue weighted by Crippen LogP contribution is 2.19. The number of nitrogens with zero attached hydrogens (tertiary/aromatic N) is 3. The Morgan fingerprint density at radius 1 is 1.16 bits per heavy atom. The van der Waals surface area contributed by atoms with Crippen LogP contribution in [0.4, 0.5) is 5.82 Å². The normalized spacial score (nSPS) is 11.5. The summed E-state index contributed by atoms with van der Waals surface area (Å²) in [6.45, 7) is 0. The molecule has 0 saturated carbocycles. The first-order valence-electron chi connectivity index (χ1n) is 7.64. The third kappa shape index (κ3) is 4.30. The smallest absolute Gasteiger partial charge is 0.352 e.